The van der Waals surface area contributed by atoms with E-state index in [4.69, 9.17) is 0 Å². The van der Waals surface area contributed by atoms with Crippen LogP contribution < -0.4 is 16.1 Å². The predicted molar refractivity (Wildman–Crippen MR) is 48.8 cm³/mol. The summed E-state index contributed by atoms with van der Waals surface area (Å²) in [6.07, 6.45) is 1.07. The van der Waals surface area contributed by atoms with Gasteiger partial charge in [-0.15, -0.1) is 4.73 Å². The monoisotopic (exact) mass is 320 g/mol. The topological polar surface area (TPSA) is 81.2 Å². The largest absolute Gasteiger partial charge is 0.673 e. The Balaban J connectivity index is 0. The van der Waals surface area contributed by atoms with Gasteiger partial charge in [0.1, 0.15) is 0 Å². The van der Waals surface area contributed by atoms with E-state index < -0.39 is 24.5 Å². The van der Waals surface area contributed by atoms with Crippen molar-refractivity contribution in [2.75, 3.05) is 0 Å². The van der Waals surface area contributed by atoms with Crippen LogP contribution in [0.2, 0.25) is 0 Å². The molecule has 1 rings (SSSR count). The third-order valence-electron chi connectivity index (χ3n) is 1.02. The quantitative estimate of drug-likeness (QED) is 0.574. The zero-order chi connectivity index (χ0) is 13.6. The average molecular weight is 320 g/mol. The van der Waals surface area contributed by atoms with E-state index in [0.29, 0.717) is 4.73 Å². The zero-order valence-electron chi connectivity index (χ0n) is 8.63. The smallest absolute Gasteiger partial charge is 0.418 e. The van der Waals surface area contributed by atoms with Gasteiger partial charge in [0, 0.05) is 30.1 Å². The number of carbonyl (C=O) groups is 1. The number of hydrogen-bond acceptors (Lipinski definition) is 4. The van der Waals surface area contributed by atoms with E-state index in [9.17, 15) is 31.6 Å². The first-order chi connectivity index (χ1) is 7.59. The van der Waals surface area contributed by atoms with Crippen molar-refractivity contribution in [1.82, 2.24) is 9.71 Å². The molecule has 0 saturated heterocycles. The van der Waals surface area contributed by atoms with E-state index in [1.165, 1.54) is 0 Å². The van der Waals surface area contributed by atoms with Crippen LogP contribution in [0.3, 0.4) is 0 Å². The van der Waals surface area contributed by atoms with Gasteiger partial charge in [0.05, 0.1) is 6.20 Å². The van der Waals surface area contributed by atoms with Crippen LogP contribution in [0.1, 0.15) is 6.92 Å². The van der Waals surface area contributed by atoms with Crippen LogP contribution in [-0.4, -0.2) is 22.9 Å². The second kappa shape index (κ2) is 7.72. The number of H-pyrrole nitrogens is 1. The molecule has 0 aliphatic heterocycles. The summed E-state index contributed by atoms with van der Waals surface area (Å²) >= 11 is 0. The van der Waals surface area contributed by atoms with Crippen molar-refractivity contribution in [3.63, 3.8) is 0 Å². The van der Waals surface area contributed by atoms with Gasteiger partial charge in [0.15, 0.2) is 0 Å². The standard InChI is InChI=1S/C6H6N2O4.BF4.Cu/c1-4(9)12-8-3-2-5(10)7-6(8)11;2-1(3,4)5;/h2-3H,1H3,(H,7,10,11);;/q;-1;. The number of nitrogens with zero attached hydrogens (tertiary/aromatic N) is 1. The fourth-order valence-corrected chi connectivity index (χ4v) is 0.616. The fourth-order valence-electron chi connectivity index (χ4n) is 0.616. The average Bonchev–Trinajstić information content (AvgIpc) is 2.06. The molecule has 6 nitrogen and oxygen atoms in total. The van der Waals surface area contributed by atoms with E-state index >= 15 is 0 Å². The summed E-state index contributed by atoms with van der Waals surface area (Å²) < 4.78 is 39.6. The van der Waals surface area contributed by atoms with Gasteiger partial charge in [0.25, 0.3) is 5.56 Å². The Bertz CT molecular complexity index is 493. The summed E-state index contributed by atoms with van der Waals surface area (Å²) in [7, 11) is -6.00. The summed E-state index contributed by atoms with van der Waals surface area (Å²) in [5.74, 6) is -0.635. The first-order valence-corrected chi connectivity index (χ1v) is 3.98. The summed E-state index contributed by atoms with van der Waals surface area (Å²) in [4.78, 5) is 38.0. The van der Waals surface area contributed by atoms with Crippen molar-refractivity contribution in [2.45, 2.75) is 6.92 Å². The van der Waals surface area contributed by atoms with Crippen molar-refractivity contribution in [1.29, 1.82) is 0 Å². The van der Waals surface area contributed by atoms with Crippen LogP contribution in [0.25, 0.3) is 0 Å². The SMILES string of the molecule is CC(=O)On1ccc(=O)[nH]c1=O.F[B-](F)(F)F.[Cu]. The molecule has 0 aliphatic carbocycles. The molecule has 1 radical (unpaired) electrons. The molecule has 107 valence electrons. The molecule has 18 heavy (non-hydrogen) atoms. The number of hydrogen-bond donors (Lipinski definition) is 1. The molecule has 0 aromatic carbocycles. The van der Waals surface area contributed by atoms with E-state index in [1.807, 2.05) is 4.98 Å². The minimum atomic E-state index is -6.00. The molecule has 1 N–H and O–H groups in total. The molecule has 0 amide bonds. The minimum Gasteiger partial charge on any atom is -0.418 e. The molecule has 1 heterocycles. The van der Waals surface area contributed by atoms with Crippen LogP contribution in [0.4, 0.5) is 17.3 Å². The zero-order valence-corrected chi connectivity index (χ0v) is 9.57. The normalized spacial score (nSPS) is 9.61. The van der Waals surface area contributed by atoms with Gasteiger partial charge in [-0.2, -0.15) is 0 Å². The van der Waals surface area contributed by atoms with Crippen molar-refractivity contribution in [3.8, 4) is 0 Å². The summed E-state index contributed by atoms with van der Waals surface area (Å²) in [5.41, 5.74) is -1.32. The first kappa shape index (κ1) is 18.8. The molecule has 0 atom stereocenters. The summed E-state index contributed by atoms with van der Waals surface area (Å²) in [6.45, 7) is 1.15. The Kier molecular flexibility index (Phi) is 8.06. The molecular formula is C6H6BCuF4N2O4-. The number of halogens is 4. The maximum Gasteiger partial charge on any atom is 0.673 e. The molecule has 0 aliphatic rings. The Morgan fingerprint density at radius 3 is 2.11 bits per heavy atom. The van der Waals surface area contributed by atoms with Crippen LogP contribution >= 0.6 is 0 Å². The molecule has 0 spiro atoms. The molecule has 1 aromatic heterocycles. The number of nitrogens with one attached hydrogen (secondary N) is 1. The van der Waals surface area contributed by atoms with Gasteiger partial charge in [-0.1, -0.05) is 0 Å². The van der Waals surface area contributed by atoms with Crippen molar-refractivity contribution >= 4 is 13.2 Å². The molecule has 0 fully saturated rings. The van der Waals surface area contributed by atoms with Gasteiger partial charge in [-0.3, -0.25) is 9.78 Å². The van der Waals surface area contributed by atoms with Crippen molar-refractivity contribution < 1.29 is 44.0 Å². The molecule has 1 aromatic rings. The second-order valence-corrected chi connectivity index (χ2v) is 2.51. The van der Waals surface area contributed by atoms with E-state index in [1.54, 1.807) is 0 Å². The van der Waals surface area contributed by atoms with Gasteiger partial charge < -0.3 is 22.1 Å². The summed E-state index contributed by atoms with van der Waals surface area (Å²) in [6, 6.07) is 1.07. The van der Waals surface area contributed by atoms with Gasteiger partial charge >= 0.3 is 18.9 Å². The first-order valence-electron chi connectivity index (χ1n) is 3.98. The Morgan fingerprint density at radius 1 is 1.33 bits per heavy atom. The maximum atomic E-state index is 10.8. The van der Waals surface area contributed by atoms with Gasteiger partial charge in [0.2, 0.25) is 0 Å². The third-order valence-corrected chi connectivity index (χ3v) is 1.02. The number of aromatic nitrogens is 2. The van der Waals surface area contributed by atoms with Crippen LogP contribution in [0.15, 0.2) is 21.9 Å². The molecular weight excluding hydrogens is 314 g/mol. The van der Waals surface area contributed by atoms with Gasteiger partial charge in [-0.25, -0.2) is 9.59 Å². The van der Waals surface area contributed by atoms with Crippen LogP contribution in [0, 0.1) is 0 Å². The number of aromatic amines is 1. The van der Waals surface area contributed by atoms with E-state index in [0.717, 1.165) is 19.2 Å². The Hall–Kier alpha value is -1.55. The van der Waals surface area contributed by atoms with Crippen LogP contribution in [-0.2, 0) is 21.9 Å². The van der Waals surface area contributed by atoms with E-state index in [2.05, 4.69) is 4.84 Å². The third kappa shape index (κ3) is 11.0. The fraction of sp³-hybridized carbons (Fsp3) is 0.167. The van der Waals surface area contributed by atoms with Crippen LogP contribution in [0.5, 0.6) is 0 Å². The number of carbonyl (C=O) groups excluding carboxylic acids is 1. The van der Waals surface area contributed by atoms with Crippen molar-refractivity contribution in [2.24, 2.45) is 0 Å². The Labute approximate surface area is 107 Å². The maximum absolute atomic E-state index is 10.8. The van der Waals surface area contributed by atoms with E-state index in [-0.39, 0.29) is 17.1 Å². The number of rotatable bonds is 1. The molecule has 0 unspecified atom stereocenters. The molecule has 0 saturated carbocycles. The predicted octanol–water partition coefficient (Wildman–Crippen LogP) is -0.191. The molecule has 12 heteroatoms. The summed E-state index contributed by atoms with van der Waals surface area (Å²) in [5, 5.41) is 0. The molecule has 0 bridgehead atoms. The van der Waals surface area contributed by atoms with Crippen molar-refractivity contribution in [3.05, 3.63) is 33.1 Å². The Morgan fingerprint density at radius 2 is 1.78 bits per heavy atom. The minimum absolute atomic E-state index is 0. The van der Waals surface area contributed by atoms with Gasteiger partial charge in [-0.05, 0) is 0 Å². The second-order valence-electron chi connectivity index (χ2n) is 2.51.